The number of rotatable bonds is 3. The highest BCUT2D eigenvalue weighted by Crippen LogP contribution is 2.39. The molecule has 1 heterocycles. The Morgan fingerprint density at radius 1 is 0.818 bits per heavy atom. The largest absolute Gasteiger partial charge is 0.226 e. The molecule has 1 N–H and O–H groups in total. The number of aromatic nitrogens is 1. The summed E-state index contributed by atoms with van der Waals surface area (Å²) in [5.41, 5.74) is 3.32. The molecule has 2 aromatic carbocycles. The maximum atomic E-state index is 6.17. The first-order chi connectivity index (χ1) is 10.6. The molecular formula is C17H14Cl2NS2+. The smallest absolute Gasteiger partial charge is 0.203 e. The van der Waals surface area contributed by atoms with E-state index in [1.54, 1.807) is 23.5 Å². The molecule has 0 aliphatic heterocycles. The number of pyridine rings is 1. The summed E-state index contributed by atoms with van der Waals surface area (Å²) in [6.45, 7) is 0. The predicted molar refractivity (Wildman–Crippen MR) is 99.5 cm³/mol. The average Bonchev–Trinajstić information content (AvgIpc) is 2.53. The van der Waals surface area contributed by atoms with Gasteiger partial charge in [0, 0.05) is 26.6 Å². The van der Waals surface area contributed by atoms with Crippen molar-refractivity contribution in [2.45, 2.75) is 9.79 Å². The van der Waals surface area contributed by atoms with Gasteiger partial charge in [-0.05, 0) is 48.9 Å². The molecule has 0 aliphatic carbocycles. The highest BCUT2D eigenvalue weighted by molar-refractivity contribution is 8.01. The third kappa shape index (κ3) is 2.95. The van der Waals surface area contributed by atoms with Gasteiger partial charge in [0.2, 0.25) is 11.2 Å². The summed E-state index contributed by atoms with van der Waals surface area (Å²) in [4.78, 5) is 6.02. The van der Waals surface area contributed by atoms with Crippen LogP contribution in [0.3, 0.4) is 0 Å². The lowest BCUT2D eigenvalue weighted by atomic mass is 10.1. The standard InChI is InChI=1S/C17H13Cl2NS2/c1-21-16-13-9-12(19)7-8-14(13)20-15(17(16)22-2)10-3-5-11(18)6-4-10/h3-9H,1-2H3/p+1. The molecule has 0 saturated carbocycles. The second kappa shape index (κ2) is 6.71. The zero-order valence-electron chi connectivity index (χ0n) is 12.1. The second-order valence-electron chi connectivity index (χ2n) is 4.76. The van der Waals surface area contributed by atoms with Crippen molar-refractivity contribution in [3.05, 3.63) is 52.5 Å². The van der Waals surface area contributed by atoms with Gasteiger partial charge in [-0.3, -0.25) is 0 Å². The van der Waals surface area contributed by atoms with E-state index in [0.717, 1.165) is 32.2 Å². The number of nitrogens with one attached hydrogen (secondary N) is 1. The first-order valence-corrected chi connectivity index (χ1v) is 9.87. The fourth-order valence-electron chi connectivity index (χ4n) is 2.46. The van der Waals surface area contributed by atoms with Crippen LogP contribution in [0.2, 0.25) is 10.0 Å². The van der Waals surface area contributed by atoms with Crippen LogP contribution in [0.5, 0.6) is 0 Å². The molecule has 1 nitrogen and oxygen atoms in total. The van der Waals surface area contributed by atoms with E-state index in [-0.39, 0.29) is 0 Å². The van der Waals surface area contributed by atoms with Crippen LogP contribution < -0.4 is 4.98 Å². The molecule has 0 spiro atoms. The molecule has 0 aliphatic rings. The summed E-state index contributed by atoms with van der Waals surface area (Å²) < 4.78 is 0. The molecule has 1 aromatic heterocycles. The lowest BCUT2D eigenvalue weighted by Gasteiger charge is -2.10. The van der Waals surface area contributed by atoms with Gasteiger partial charge < -0.3 is 0 Å². The molecule has 112 valence electrons. The first-order valence-electron chi connectivity index (χ1n) is 6.66. The van der Waals surface area contributed by atoms with Crippen molar-refractivity contribution in [1.29, 1.82) is 0 Å². The zero-order chi connectivity index (χ0) is 15.7. The highest BCUT2D eigenvalue weighted by Gasteiger charge is 2.21. The SMILES string of the molecule is CSc1c(-c2ccc(Cl)cc2)[nH+]c2ccc(Cl)cc2c1SC. The molecule has 0 saturated heterocycles. The number of fused-ring (bicyclic) bond motifs is 1. The second-order valence-corrected chi connectivity index (χ2v) is 7.27. The third-order valence-corrected chi connectivity index (χ3v) is 5.73. The minimum atomic E-state index is 0.743. The fourth-order valence-corrected chi connectivity index (χ4v) is 4.60. The van der Waals surface area contributed by atoms with Crippen LogP contribution >= 0.6 is 46.7 Å². The van der Waals surface area contributed by atoms with Crippen LogP contribution in [0.15, 0.2) is 52.3 Å². The Balaban J connectivity index is 2.34. The maximum absolute atomic E-state index is 6.17. The van der Waals surface area contributed by atoms with Crippen LogP contribution in [-0.2, 0) is 0 Å². The van der Waals surface area contributed by atoms with Crippen molar-refractivity contribution in [2.75, 3.05) is 12.5 Å². The van der Waals surface area contributed by atoms with Gasteiger partial charge in [-0.25, -0.2) is 4.98 Å². The van der Waals surface area contributed by atoms with E-state index in [1.807, 2.05) is 42.5 Å². The molecule has 0 atom stereocenters. The molecule has 0 fully saturated rings. The van der Waals surface area contributed by atoms with E-state index < -0.39 is 0 Å². The monoisotopic (exact) mass is 366 g/mol. The Morgan fingerprint density at radius 2 is 1.45 bits per heavy atom. The Bertz CT molecular complexity index is 832. The average molecular weight is 367 g/mol. The molecule has 0 unspecified atom stereocenters. The van der Waals surface area contributed by atoms with E-state index in [4.69, 9.17) is 23.2 Å². The number of hydrogen-bond donors (Lipinski definition) is 0. The van der Waals surface area contributed by atoms with Crippen LogP contribution in [0.1, 0.15) is 0 Å². The number of benzene rings is 2. The van der Waals surface area contributed by atoms with E-state index in [0.29, 0.717) is 0 Å². The predicted octanol–water partition coefficient (Wildman–Crippen LogP) is 6.07. The lowest BCUT2D eigenvalue weighted by molar-refractivity contribution is -0.334. The summed E-state index contributed by atoms with van der Waals surface area (Å²) in [6.07, 6.45) is 4.19. The Hall–Kier alpha value is -0.870. The van der Waals surface area contributed by atoms with Gasteiger partial charge in [0.05, 0.1) is 10.3 Å². The van der Waals surface area contributed by atoms with Gasteiger partial charge in [0.25, 0.3) is 0 Å². The van der Waals surface area contributed by atoms with E-state index >= 15 is 0 Å². The van der Waals surface area contributed by atoms with Crippen molar-refractivity contribution in [3.8, 4) is 11.3 Å². The normalized spacial score (nSPS) is 11.1. The summed E-state index contributed by atoms with van der Waals surface area (Å²) in [5.74, 6) is 0. The minimum Gasteiger partial charge on any atom is -0.203 e. The van der Waals surface area contributed by atoms with Crippen LogP contribution in [0.25, 0.3) is 22.2 Å². The Labute approximate surface area is 148 Å². The zero-order valence-corrected chi connectivity index (χ0v) is 15.3. The topological polar surface area (TPSA) is 14.1 Å². The Kier molecular flexibility index (Phi) is 4.88. The number of hydrogen-bond acceptors (Lipinski definition) is 2. The van der Waals surface area contributed by atoms with Gasteiger partial charge in [-0.15, -0.1) is 23.5 Å². The minimum absolute atomic E-state index is 0.743. The van der Waals surface area contributed by atoms with Gasteiger partial charge in [-0.2, -0.15) is 0 Å². The van der Waals surface area contributed by atoms with Crippen molar-refractivity contribution >= 4 is 57.6 Å². The van der Waals surface area contributed by atoms with Crippen molar-refractivity contribution in [3.63, 3.8) is 0 Å². The number of H-pyrrole nitrogens is 1. The molecule has 22 heavy (non-hydrogen) atoms. The maximum Gasteiger partial charge on any atom is 0.226 e. The summed E-state index contributed by atoms with van der Waals surface area (Å²) in [5, 5.41) is 2.65. The van der Waals surface area contributed by atoms with Gasteiger partial charge in [0.15, 0.2) is 0 Å². The van der Waals surface area contributed by atoms with Gasteiger partial charge in [-0.1, -0.05) is 23.2 Å². The molecule has 0 radical (unpaired) electrons. The summed E-state index contributed by atoms with van der Waals surface area (Å²) in [6, 6.07) is 13.9. The first kappa shape index (κ1) is 16.0. The van der Waals surface area contributed by atoms with Gasteiger partial charge in [0.1, 0.15) is 0 Å². The molecular weight excluding hydrogens is 353 g/mol. The van der Waals surface area contributed by atoms with E-state index in [9.17, 15) is 0 Å². The molecule has 0 bridgehead atoms. The van der Waals surface area contributed by atoms with Crippen molar-refractivity contribution in [2.24, 2.45) is 0 Å². The molecule has 0 amide bonds. The van der Waals surface area contributed by atoms with E-state index in [2.05, 4.69) is 17.5 Å². The summed E-state index contributed by atoms with van der Waals surface area (Å²) in [7, 11) is 0. The molecule has 3 aromatic rings. The molecule has 5 heteroatoms. The highest BCUT2D eigenvalue weighted by atomic mass is 35.5. The molecule has 3 rings (SSSR count). The quantitative estimate of drug-likeness (QED) is 0.522. The van der Waals surface area contributed by atoms with Crippen molar-refractivity contribution < 1.29 is 4.98 Å². The van der Waals surface area contributed by atoms with Crippen LogP contribution in [-0.4, -0.2) is 12.5 Å². The number of aromatic amines is 1. The number of thioether (sulfide) groups is 2. The van der Waals surface area contributed by atoms with Crippen LogP contribution in [0.4, 0.5) is 0 Å². The van der Waals surface area contributed by atoms with Crippen LogP contribution in [0, 0.1) is 0 Å². The van der Waals surface area contributed by atoms with Gasteiger partial charge >= 0.3 is 0 Å². The third-order valence-electron chi connectivity index (χ3n) is 3.46. The number of halogens is 2. The fraction of sp³-hybridized carbons (Fsp3) is 0.118. The lowest BCUT2D eigenvalue weighted by Crippen LogP contribution is -2.11. The summed E-state index contributed by atoms with van der Waals surface area (Å²) >= 11 is 15.7. The van der Waals surface area contributed by atoms with E-state index in [1.165, 1.54) is 9.79 Å². The Morgan fingerprint density at radius 3 is 2.09 bits per heavy atom. The van der Waals surface area contributed by atoms with Crippen molar-refractivity contribution in [1.82, 2.24) is 0 Å².